The summed E-state index contributed by atoms with van der Waals surface area (Å²) in [6.07, 6.45) is 17.3. The topological polar surface area (TPSA) is 71.1 Å². The molecule has 0 aliphatic heterocycles. The number of aromatic nitrogens is 1. The van der Waals surface area contributed by atoms with E-state index < -0.39 is 0 Å². The molecular formula is C23H35N3O2. The highest BCUT2D eigenvalue weighted by Crippen LogP contribution is 2.16. The molecule has 0 aromatic carbocycles. The number of terminal acetylenes is 1. The Kier molecular flexibility index (Phi) is 12.4. The summed E-state index contributed by atoms with van der Waals surface area (Å²) in [7, 11) is 0. The zero-order valence-electron chi connectivity index (χ0n) is 17.5. The van der Waals surface area contributed by atoms with Gasteiger partial charge in [-0.25, -0.2) is 4.98 Å². The maximum Gasteiger partial charge on any atom is 0.225 e. The molecule has 2 amide bonds. The van der Waals surface area contributed by atoms with Crippen LogP contribution in [-0.2, 0) is 9.59 Å². The molecule has 0 aliphatic rings. The van der Waals surface area contributed by atoms with E-state index in [2.05, 4.69) is 35.4 Å². The molecule has 0 aliphatic carbocycles. The Morgan fingerprint density at radius 3 is 1.64 bits per heavy atom. The Bertz CT molecular complexity index is 603. The predicted molar refractivity (Wildman–Crippen MR) is 116 cm³/mol. The SMILES string of the molecule is C#Cc1cc(NC(=O)CCCCCCC)nc(NC(=O)CCCCCCC)c1. The lowest BCUT2D eigenvalue weighted by atomic mass is 10.1. The van der Waals surface area contributed by atoms with Gasteiger partial charge in [0.25, 0.3) is 0 Å². The van der Waals surface area contributed by atoms with E-state index in [1.54, 1.807) is 12.1 Å². The van der Waals surface area contributed by atoms with E-state index in [9.17, 15) is 9.59 Å². The van der Waals surface area contributed by atoms with Crippen LogP contribution >= 0.6 is 0 Å². The number of hydrogen-bond donors (Lipinski definition) is 2. The second-order valence-corrected chi connectivity index (χ2v) is 7.20. The first kappa shape index (κ1) is 23.7. The molecule has 0 fully saturated rings. The van der Waals surface area contributed by atoms with Crippen LogP contribution in [0.1, 0.15) is 96.5 Å². The van der Waals surface area contributed by atoms with Gasteiger partial charge in [0.15, 0.2) is 0 Å². The Labute approximate surface area is 170 Å². The lowest BCUT2D eigenvalue weighted by Gasteiger charge is -2.09. The first-order valence-electron chi connectivity index (χ1n) is 10.7. The van der Waals surface area contributed by atoms with Gasteiger partial charge in [0.1, 0.15) is 11.6 Å². The van der Waals surface area contributed by atoms with E-state index in [0.29, 0.717) is 30.0 Å². The van der Waals surface area contributed by atoms with Gasteiger partial charge >= 0.3 is 0 Å². The van der Waals surface area contributed by atoms with Crippen molar-refractivity contribution in [1.29, 1.82) is 0 Å². The number of hydrogen-bond acceptors (Lipinski definition) is 3. The molecule has 154 valence electrons. The fraction of sp³-hybridized carbons (Fsp3) is 0.609. The zero-order valence-corrected chi connectivity index (χ0v) is 17.5. The first-order valence-corrected chi connectivity index (χ1v) is 10.7. The highest BCUT2D eigenvalue weighted by atomic mass is 16.2. The molecule has 0 bridgehead atoms. The smallest absolute Gasteiger partial charge is 0.225 e. The van der Waals surface area contributed by atoms with E-state index in [1.807, 2.05) is 0 Å². The normalized spacial score (nSPS) is 10.3. The zero-order chi connectivity index (χ0) is 20.6. The van der Waals surface area contributed by atoms with Crippen LogP contribution in [0.2, 0.25) is 0 Å². The maximum absolute atomic E-state index is 12.1. The van der Waals surface area contributed by atoms with E-state index in [0.717, 1.165) is 38.5 Å². The van der Waals surface area contributed by atoms with E-state index in [4.69, 9.17) is 6.42 Å². The lowest BCUT2D eigenvalue weighted by Crippen LogP contribution is -2.15. The molecule has 1 aromatic heterocycles. The summed E-state index contributed by atoms with van der Waals surface area (Å²) >= 11 is 0. The Morgan fingerprint density at radius 2 is 1.25 bits per heavy atom. The minimum atomic E-state index is -0.0774. The molecule has 0 unspecified atom stereocenters. The number of carbonyl (C=O) groups excluding carboxylic acids is 2. The van der Waals surface area contributed by atoms with Gasteiger partial charge < -0.3 is 10.6 Å². The molecule has 0 saturated carbocycles. The van der Waals surface area contributed by atoms with Crippen molar-refractivity contribution in [2.75, 3.05) is 10.6 Å². The molecule has 2 N–H and O–H groups in total. The molecule has 5 heteroatoms. The van der Waals surface area contributed by atoms with Crippen LogP contribution in [0.25, 0.3) is 0 Å². The number of carbonyl (C=O) groups is 2. The summed E-state index contributed by atoms with van der Waals surface area (Å²) in [5.74, 6) is 3.15. The molecule has 1 aromatic rings. The molecular weight excluding hydrogens is 350 g/mol. The quantitative estimate of drug-likeness (QED) is 0.320. The van der Waals surface area contributed by atoms with Crippen molar-refractivity contribution in [2.45, 2.75) is 90.9 Å². The monoisotopic (exact) mass is 385 g/mol. The minimum Gasteiger partial charge on any atom is -0.311 e. The summed E-state index contributed by atoms with van der Waals surface area (Å²) in [5.41, 5.74) is 0.575. The molecule has 0 atom stereocenters. The summed E-state index contributed by atoms with van der Waals surface area (Å²) in [5, 5.41) is 5.58. The number of amides is 2. The van der Waals surface area contributed by atoms with Crippen molar-refractivity contribution < 1.29 is 9.59 Å². The van der Waals surface area contributed by atoms with Crippen LogP contribution < -0.4 is 10.6 Å². The Balaban J connectivity index is 2.52. The van der Waals surface area contributed by atoms with Crippen molar-refractivity contribution >= 4 is 23.5 Å². The van der Waals surface area contributed by atoms with Gasteiger partial charge in [-0.2, -0.15) is 0 Å². The van der Waals surface area contributed by atoms with Gasteiger partial charge in [0, 0.05) is 18.4 Å². The summed E-state index contributed by atoms with van der Waals surface area (Å²) < 4.78 is 0. The summed E-state index contributed by atoms with van der Waals surface area (Å²) in [4.78, 5) is 28.5. The standard InChI is InChI=1S/C23H35N3O2/c1-4-7-9-11-13-15-22(27)25-20-17-19(6-3)18-21(24-20)26-23(28)16-14-12-10-8-5-2/h3,17-18H,4-5,7-16H2,1-2H3,(H2,24,25,26,27,28). The van der Waals surface area contributed by atoms with E-state index in [-0.39, 0.29) is 11.8 Å². The van der Waals surface area contributed by atoms with Crippen molar-refractivity contribution in [2.24, 2.45) is 0 Å². The molecule has 1 rings (SSSR count). The van der Waals surface area contributed by atoms with Crippen LogP contribution in [0, 0.1) is 12.3 Å². The number of anilines is 2. The second-order valence-electron chi connectivity index (χ2n) is 7.20. The van der Waals surface area contributed by atoms with Gasteiger partial charge in [0.2, 0.25) is 11.8 Å². The van der Waals surface area contributed by atoms with Crippen molar-refractivity contribution in [3.63, 3.8) is 0 Å². The molecule has 1 heterocycles. The highest BCUT2D eigenvalue weighted by Gasteiger charge is 2.09. The third-order valence-corrected chi connectivity index (χ3v) is 4.54. The largest absolute Gasteiger partial charge is 0.311 e. The molecule has 0 spiro atoms. The van der Waals surface area contributed by atoms with Crippen LogP contribution in [0.4, 0.5) is 11.6 Å². The average Bonchev–Trinajstić information content (AvgIpc) is 2.67. The first-order chi connectivity index (χ1) is 13.6. The molecule has 28 heavy (non-hydrogen) atoms. The van der Waals surface area contributed by atoms with Gasteiger partial charge in [-0.05, 0) is 25.0 Å². The van der Waals surface area contributed by atoms with Crippen molar-refractivity contribution in [1.82, 2.24) is 4.98 Å². The molecule has 0 saturated heterocycles. The Morgan fingerprint density at radius 1 is 0.821 bits per heavy atom. The van der Waals surface area contributed by atoms with Crippen molar-refractivity contribution in [3.05, 3.63) is 17.7 Å². The maximum atomic E-state index is 12.1. The average molecular weight is 386 g/mol. The second kappa shape index (κ2) is 14.7. The minimum absolute atomic E-state index is 0.0774. The Hall–Kier alpha value is -2.35. The number of nitrogens with zero attached hydrogens (tertiary/aromatic N) is 1. The predicted octanol–water partition coefficient (Wildman–Crippen LogP) is 5.66. The molecule has 5 nitrogen and oxygen atoms in total. The fourth-order valence-electron chi connectivity index (χ4n) is 2.93. The van der Waals surface area contributed by atoms with Crippen LogP contribution in [0.15, 0.2) is 12.1 Å². The third kappa shape index (κ3) is 10.7. The summed E-state index contributed by atoms with van der Waals surface area (Å²) in [6, 6.07) is 3.30. The third-order valence-electron chi connectivity index (χ3n) is 4.54. The lowest BCUT2D eigenvalue weighted by molar-refractivity contribution is -0.117. The van der Waals surface area contributed by atoms with Gasteiger partial charge in [0.05, 0.1) is 0 Å². The number of nitrogens with one attached hydrogen (secondary N) is 2. The van der Waals surface area contributed by atoms with Gasteiger partial charge in [-0.3, -0.25) is 9.59 Å². The fourth-order valence-corrected chi connectivity index (χ4v) is 2.93. The number of unbranched alkanes of at least 4 members (excludes halogenated alkanes) is 8. The van der Waals surface area contributed by atoms with Crippen LogP contribution in [-0.4, -0.2) is 16.8 Å². The highest BCUT2D eigenvalue weighted by molar-refractivity contribution is 5.92. The molecule has 0 radical (unpaired) electrons. The van der Waals surface area contributed by atoms with E-state index in [1.165, 1.54) is 25.7 Å². The number of pyridine rings is 1. The van der Waals surface area contributed by atoms with Crippen LogP contribution in [0.5, 0.6) is 0 Å². The number of rotatable bonds is 14. The summed E-state index contributed by atoms with van der Waals surface area (Å²) in [6.45, 7) is 4.33. The van der Waals surface area contributed by atoms with Crippen molar-refractivity contribution in [3.8, 4) is 12.3 Å². The van der Waals surface area contributed by atoms with Gasteiger partial charge in [-0.15, -0.1) is 6.42 Å². The van der Waals surface area contributed by atoms with Gasteiger partial charge in [-0.1, -0.05) is 71.1 Å². The van der Waals surface area contributed by atoms with E-state index >= 15 is 0 Å². The van der Waals surface area contributed by atoms with Crippen LogP contribution in [0.3, 0.4) is 0 Å².